The molecule has 2 atom stereocenters. The molecule has 0 aromatic heterocycles. The maximum absolute atomic E-state index is 14.8. The van der Waals surface area contributed by atoms with Crippen molar-refractivity contribution in [3.05, 3.63) is 58.9 Å². The van der Waals surface area contributed by atoms with Gasteiger partial charge in [-0.05, 0) is 51.8 Å². The maximum atomic E-state index is 14.8. The number of anilines is 2. The van der Waals surface area contributed by atoms with Gasteiger partial charge >= 0.3 is 18.0 Å². The topological polar surface area (TPSA) is 139 Å². The van der Waals surface area contributed by atoms with E-state index in [1.54, 1.807) is 43.9 Å². The summed E-state index contributed by atoms with van der Waals surface area (Å²) < 4.78 is 20.5. The maximum Gasteiger partial charge on any atom is 0.337 e. The Hall–Kier alpha value is -3.95. The van der Waals surface area contributed by atoms with Gasteiger partial charge in [0.15, 0.2) is 0 Å². The number of nitrogens with two attached hydrogens (primary N) is 1. The molecule has 0 radical (unpaired) electrons. The van der Waals surface area contributed by atoms with Gasteiger partial charge in [-0.25, -0.2) is 18.8 Å². The highest BCUT2D eigenvalue weighted by Gasteiger charge is 2.43. The summed E-state index contributed by atoms with van der Waals surface area (Å²) in [5, 5.41) is 11.9. The van der Waals surface area contributed by atoms with Gasteiger partial charge < -0.3 is 30.6 Å². The summed E-state index contributed by atoms with van der Waals surface area (Å²) >= 11 is 0. The third-order valence-corrected chi connectivity index (χ3v) is 5.66. The number of nitrogens with zero attached hydrogens (tertiary/aromatic N) is 1. The molecule has 1 heterocycles. The fourth-order valence-corrected chi connectivity index (χ4v) is 4.41. The van der Waals surface area contributed by atoms with E-state index in [-0.39, 0.29) is 23.2 Å². The van der Waals surface area contributed by atoms with E-state index in [2.05, 4.69) is 5.32 Å². The van der Waals surface area contributed by atoms with E-state index in [1.807, 2.05) is 0 Å². The van der Waals surface area contributed by atoms with Gasteiger partial charge in [-0.1, -0.05) is 18.2 Å². The summed E-state index contributed by atoms with van der Waals surface area (Å²) in [6.07, 6.45) is 0.985. The lowest BCUT2D eigenvalue weighted by Crippen LogP contribution is -2.42. The summed E-state index contributed by atoms with van der Waals surface area (Å²) in [6.45, 7) is 5.19. The molecule has 3 rings (SSSR count). The van der Waals surface area contributed by atoms with Crippen LogP contribution >= 0.6 is 0 Å². The molecule has 0 saturated carbocycles. The van der Waals surface area contributed by atoms with Crippen molar-refractivity contribution in [3.8, 4) is 0 Å². The predicted molar refractivity (Wildman–Crippen MR) is 127 cm³/mol. The average Bonchev–Trinajstić information content (AvgIpc) is 3.18. The molecule has 1 aliphatic rings. The molecule has 1 saturated heterocycles. The molecule has 2 unspecified atom stereocenters. The first-order chi connectivity index (χ1) is 16.4. The summed E-state index contributed by atoms with van der Waals surface area (Å²) in [5.41, 5.74) is 4.84. The van der Waals surface area contributed by atoms with Crippen LogP contribution in [0.4, 0.5) is 20.6 Å². The minimum Gasteiger partial charge on any atom is -0.478 e. The normalized spacial score (nSPS) is 17.7. The number of carboxylic acids is 1. The van der Waals surface area contributed by atoms with E-state index < -0.39 is 41.5 Å². The summed E-state index contributed by atoms with van der Waals surface area (Å²) in [5.74, 6) is -2.36. The molecule has 35 heavy (non-hydrogen) atoms. The molecule has 1 fully saturated rings. The molecule has 1 aliphatic heterocycles. The number of hydrogen-bond donors (Lipinski definition) is 3. The Morgan fingerprint density at radius 3 is 2.46 bits per heavy atom. The van der Waals surface area contributed by atoms with Gasteiger partial charge in [0, 0.05) is 23.2 Å². The number of carbonyl (C=O) groups is 4. The third-order valence-electron chi connectivity index (χ3n) is 5.66. The second-order valence-electron chi connectivity index (χ2n) is 9.22. The standard InChI is InChI=1S/C25H28FN3O6/c1-25(2,3)35-23(33)20-11-10-18(14-6-4-5-7-17(14)26)29(20)19-9-8-16(22(31)32)21(28-24(27)34)15(19)12-13-30/h4-9,13,18,20H,10-12H2,1-3H3,(H,31,32)(H3,27,28,34). The molecule has 0 bridgehead atoms. The number of hydrogen-bond acceptors (Lipinski definition) is 6. The number of halogens is 1. The van der Waals surface area contributed by atoms with E-state index in [4.69, 9.17) is 10.5 Å². The van der Waals surface area contributed by atoms with Crippen molar-refractivity contribution in [1.29, 1.82) is 0 Å². The zero-order valence-corrected chi connectivity index (χ0v) is 19.7. The number of benzene rings is 2. The lowest BCUT2D eigenvalue weighted by molar-refractivity contribution is -0.156. The molecule has 0 aliphatic carbocycles. The molecular formula is C25H28FN3O6. The van der Waals surface area contributed by atoms with Crippen LogP contribution in [0, 0.1) is 5.82 Å². The Morgan fingerprint density at radius 2 is 1.89 bits per heavy atom. The minimum atomic E-state index is -1.34. The van der Waals surface area contributed by atoms with Crippen LogP contribution in [-0.2, 0) is 20.7 Å². The van der Waals surface area contributed by atoms with Gasteiger partial charge in [-0.15, -0.1) is 0 Å². The van der Waals surface area contributed by atoms with Crippen molar-refractivity contribution in [1.82, 2.24) is 0 Å². The van der Waals surface area contributed by atoms with Crippen molar-refractivity contribution in [2.45, 2.75) is 57.7 Å². The molecule has 2 amide bonds. The quantitative estimate of drug-likeness (QED) is 0.400. The van der Waals surface area contributed by atoms with Crippen molar-refractivity contribution < 1.29 is 33.4 Å². The Labute approximate surface area is 202 Å². The largest absolute Gasteiger partial charge is 0.478 e. The van der Waals surface area contributed by atoms with Gasteiger partial charge in [0.2, 0.25) is 0 Å². The molecule has 4 N–H and O–H groups in total. The van der Waals surface area contributed by atoms with Crippen LogP contribution in [0.3, 0.4) is 0 Å². The molecule has 9 nitrogen and oxygen atoms in total. The summed E-state index contributed by atoms with van der Waals surface area (Å²) in [4.78, 5) is 50.0. The third kappa shape index (κ3) is 5.59. The number of carboxylic acid groups (broad SMARTS) is 1. The summed E-state index contributed by atoms with van der Waals surface area (Å²) in [7, 11) is 0. The number of amides is 2. The first-order valence-corrected chi connectivity index (χ1v) is 11.1. The van der Waals surface area contributed by atoms with Crippen LogP contribution in [0.5, 0.6) is 0 Å². The minimum absolute atomic E-state index is 0.149. The molecular weight excluding hydrogens is 457 g/mol. The fraction of sp³-hybridized carbons (Fsp3) is 0.360. The van der Waals surface area contributed by atoms with Crippen LogP contribution in [0.1, 0.15) is 61.1 Å². The van der Waals surface area contributed by atoms with Crippen molar-refractivity contribution in [2.24, 2.45) is 5.73 Å². The number of rotatable bonds is 7. The Bertz CT molecular complexity index is 1160. The van der Waals surface area contributed by atoms with E-state index in [0.29, 0.717) is 30.4 Å². The van der Waals surface area contributed by atoms with Crippen LogP contribution in [0.15, 0.2) is 36.4 Å². The van der Waals surface area contributed by atoms with E-state index in [9.17, 15) is 28.7 Å². The smallest absolute Gasteiger partial charge is 0.337 e. The van der Waals surface area contributed by atoms with Crippen LogP contribution in [-0.4, -0.2) is 41.0 Å². The Morgan fingerprint density at radius 1 is 1.20 bits per heavy atom. The number of esters is 1. The summed E-state index contributed by atoms with van der Waals surface area (Å²) in [6, 6.07) is 6.37. The lowest BCUT2D eigenvalue weighted by Gasteiger charge is -2.35. The highest BCUT2D eigenvalue weighted by molar-refractivity contribution is 6.03. The molecule has 2 aromatic rings. The second-order valence-corrected chi connectivity index (χ2v) is 9.22. The van der Waals surface area contributed by atoms with E-state index >= 15 is 0 Å². The number of nitrogens with one attached hydrogen (secondary N) is 1. The van der Waals surface area contributed by atoms with Crippen molar-refractivity contribution >= 4 is 35.6 Å². The van der Waals surface area contributed by atoms with Crippen LogP contribution in [0.25, 0.3) is 0 Å². The highest BCUT2D eigenvalue weighted by Crippen LogP contribution is 2.45. The number of primary amides is 1. The van der Waals surface area contributed by atoms with E-state index in [0.717, 1.165) is 0 Å². The average molecular weight is 486 g/mol. The fourth-order valence-electron chi connectivity index (χ4n) is 4.41. The molecule has 0 spiro atoms. The van der Waals surface area contributed by atoms with Gasteiger partial charge in [0.1, 0.15) is 23.7 Å². The van der Waals surface area contributed by atoms with Crippen molar-refractivity contribution in [3.63, 3.8) is 0 Å². The SMILES string of the molecule is CC(C)(C)OC(=O)C1CCC(c2ccccc2F)N1c1ccc(C(=O)O)c(NC(N)=O)c1CC=O. The molecule has 10 heteroatoms. The monoisotopic (exact) mass is 485 g/mol. The molecule has 2 aromatic carbocycles. The number of urea groups is 1. The second kappa shape index (κ2) is 10.1. The first kappa shape index (κ1) is 25.7. The Balaban J connectivity index is 2.25. The number of aldehydes is 1. The zero-order chi connectivity index (χ0) is 25.9. The van der Waals surface area contributed by atoms with Crippen molar-refractivity contribution in [2.75, 3.05) is 10.2 Å². The zero-order valence-electron chi connectivity index (χ0n) is 19.7. The Kier molecular flexibility index (Phi) is 7.42. The first-order valence-electron chi connectivity index (χ1n) is 11.1. The van der Waals surface area contributed by atoms with Gasteiger partial charge in [0.05, 0.1) is 17.3 Å². The van der Waals surface area contributed by atoms with Gasteiger partial charge in [-0.3, -0.25) is 0 Å². The van der Waals surface area contributed by atoms with Crippen LogP contribution < -0.4 is 16.0 Å². The van der Waals surface area contributed by atoms with Crippen LogP contribution in [0.2, 0.25) is 0 Å². The van der Waals surface area contributed by atoms with Gasteiger partial charge in [-0.2, -0.15) is 0 Å². The number of ether oxygens (including phenoxy) is 1. The number of aromatic carboxylic acids is 1. The highest BCUT2D eigenvalue weighted by atomic mass is 19.1. The predicted octanol–water partition coefficient (Wildman–Crippen LogP) is 3.81. The lowest BCUT2D eigenvalue weighted by atomic mass is 9.98. The van der Waals surface area contributed by atoms with E-state index in [1.165, 1.54) is 18.2 Å². The molecule has 186 valence electrons. The van der Waals surface area contributed by atoms with Gasteiger partial charge in [0.25, 0.3) is 0 Å². The number of carbonyl (C=O) groups excluding carboxylic acids is 3.